The summed E-state index contributed by atoms with van der Waals surface area (Å²) in [5.74, 6) is 1.03. The van der Waals surface area contributed by atoms with Crippen molar-refractivity contribution in [3.63, 3.8) is 0 Å². The third kappa shape index (κ3) is 2.87. The molecule has 3 rings (SSSR count). The molecule has 1 aromatic heterocycles. The fourth-order valence-corrected chi connectivity index (χ4v) is 4.15. The Morgan fingerprint density at radius 1 is 1.33 bits per heavy atom. The molecule has 6 heteroatoms. The number of para-hydroxylation sites is 1. The van der Waals surface area contributed by atoms with Gasteiger partial charge in [-0.25, -0.2) is 13.4 Å². The fraction of sp³-hybridized carbons (Fsp3) is 0.400. The summed E-state index contributed by atoms with van der Waals surface area (Å²) in [6, 6.07) is 9.92. The molecule has 0 saturated carbocycles. The van der Waals surface area contributed by atoms with Gasteiger partial charge in [0, 0.05) is 30.6 Å². The molecule has 0 bridgehead atoms. The van der Waals surface area contributed by atoms with Gasteiger partial charge >= 0.3 is 0 Å². The van der Waals surface area contributed by atoms with E-state index in [2.05, 4.69) is 10.3 Å². The number of nitrogens with one attached hydrogen (secondary N) is 1. The second-order valence-corrected chi connectivity index (χ2v) is 7.31. The van der Waals surface area contributed by atoms with E-state index < -0.39 is 10.0 Å². The zero-order valence-electron chi connectivity index (χ0n) is 12.0. The highest BCUT2D eigenvalue weighted by atomic mass is 32.2. The van der Waals surface area contributed by atoms with Crippen molar-refractivity contribution in [2.24, 2.45) is 0 Å². The summed E-state index contributed by atoms with van der Waals surface area (Å²) in [6.07, 6.45) is 0.708. The van der Waals surface area contributed by atoms with Crippen LogP contribution in [-0.4, -0.2) is 36.5 Å². The molecule has 0 spiro atoms. The van der Waals surface area contributed by atoms with Crippen molar-refractivity contribution in [2.45, 2.75) is 19.9 Å². The summed E-state index contributed by atoms with van der Waals surface area (Å²) in [5, 5.41) is 4.27. The maximum atomic E-state index is 12.0. The number of hydrogen-bond donors (Lipinski definition) is 1. The highest BCUT2D eigenvalue weighted by molar-refractivity contribution is 7.89. The number of rotatable bonds is 4. The molecule has 0 aliphatic carbocycles. The quantitative estimate of drug-likeness (QED) is 0.940. The van der Waals surface area contributed by atoms with E-state index in [0.717, 1.165) is 28.8 Å². The molecule has 0 atom stereocenters. The van der Waals surface area contributed by atoms with Crippen LogP contribution in [0.1, 0.15) is 18.9 Å². The lowest BCUT2D eigenvalue weighted by Gasteiger charge is -2.17. The fourth-order valence-electron chi connectivity index (χ4n) is 2.66. The molecule has 1 N–H and O–H groups in total. The first kappa shape index (κ1) is 14.3. The first-order valence-electron chi connectivity index (χ1n) is 7.20. The third-order valence-electron chi connectivity index (χ3n) is 3.70. The zero-order valence-corrected chi connectivity index (χ0v) is 12.9. The van der Waals surface area contributed by atoms with Crippen LogP contribution in [0.15, 0.2) is 30.3 Å². The van der Waals surface area contributed by atoms with E-state index in [1.54, 1.807) is 4.31 Å². The number of hydrogen-bond acceptors (Lipinski definition) is 4. The predicted octanol–water partition coefficient (Wildman–Crippen LogP) is 2.20. The van der Waals surface area contributed by atoms with Gasteiger partial charge in [-0.3, -0.25) is 0 Å². The molecule has 2 heterocycles. The molecule has 1 saturated heterocycles. The van der Waals surface area contributed by atoms with Crippen LogP contribution in [0.3, 0.4) is 0 Å². The van der Waals surface area contributed by atoms with Gasteiger partial charge in [0.05, 0.1) is 11.3 Å². The highest BCUT2D eigenvalue weighted by Crippen LogP contribution is 2.24. The van der Waals surface area contributed by atoms with Gasteiger partial charge in [-0.15, -0.1) is 0 Å². The van der Waals surface area contributed by atoms with Gasteiger partial charge in [0.15, 0.2) is 0 Å². The van der Waals surface area contributed by atoms with Crippen molar-refractivity contribution in [2.75, 3.05) is 24.2 Å². The van der Waals surface area contributed by atoms with E-state index in [1.807, 2.05) is 37.3 Å². The van der Waals surface area contributed by atoms with Crippen LogP contribution in [0.25, 0.3) is 10.9 Å². The largest absolute Gasteiger partial charge is 0.370 e. The Bertz CT molecular complexity index is 759. The summed E-state index contributed by atoms with van der Waals surface area (Å²) in [6.45, 7) is 3.75. The van der Waals surface area contributed by atoms with Gasteiger partial charge in [-0.2, -0.15) is 4.31 Å². The van der Waals surface area contributed by atoms with Crippen LogP contribution in [-0.2, 0) is 16.6 Å². The summed E-state index contributed by atoms with van der Waals surface area (Å²) in [7, 11) is -3.09. The van der Waals surface area contributed by atoms with Crippen molar-refractivity contribution < 1.29 is 8.42 Å². The van der Waals surface area contributed by atoms with Crippen LogP contribution in [0, 0.1) is 0 Å². The second kappa shape index (κ2) is 5.61. The Kier molecular flexibility index (Phi) is 3.82. The Labute approximate surface area is 125 Å². The minimum absolute atomic E-state index is 0.255. The maximum Gasteiger partial charge on any atom is 0.214 e. The van der Waals surface area contributed by atoms with Crippen molar-refractivity contribution in [1.82, 2.24) is 9.29 Å². The normalized spacial score (nSPS) is 18.1. The number of fused-ring (bicyclic) bond motifs is 1. The molecule has 2 aromatic rings. The molecule has 1 aliphatic rings. The molecule has 21 heavy (non-hydrogen) atoms. The van der Waals surface area contributed by atoms with E-state index >= 15 is 0 Å². The lowest BCUT2D eigenvalue weighted by Crippen LogP contribution is -2.25. The molecular formula is C15H19N3O2S. The van der Waals surface area contributed by atoms with Crippen LogP contribution >= 0.6 is 0 Å². The van der Waals surface area contributed by atoms with Crippen LogP contribution in [0.5, 0.6) is 0 Å². The number of pyridine rings is 1. The molecule has 0 unspecified atom stereocenters. The van der Waals surface area contributed by atoms with Crippen molar-refractivity contribution >= 4 is 26.7 Å². The van der Waals surface area contributed by atoms with Crippen molar-refractivity contribution in [3.8, 4) is 0 Å². The lowest BCUT2D eigenvalue weighted by atomic mass is 10.1. The Morgan fingerprint density at radius 2 is 2.14 bits per heavy atom. The molecule has 0 amide bonds. The zero-order chi connectivity index (χ0) is 14.9. The van der Waals surface area contributed by atoms with E-state index in [4.69, 9.17) is 0 Å². The Balaban J connectivity index is 2.01. The lowest BCUT2D eigenvalue weighted by molar-refractivity contribution is 0.440. The molecule has 1 aliphatic heterocycles. The number of nitrogens with zero attached hydrogens (tertiary/aromatic N) is 2. The summed E-state index contributed by atoms with van der Waals surface area (Å²) in [5.41, 5.74) is 1.85. The first-order chi connectivity index (χ1) is 10.1. The summed E-state index contributed by atoms with van der Waals surface area (Å²) in [4.78, 5) is 4.62. The SMILES string of the molecule is CCNc1nc2ccccc2cc1CN1CCCS1(=O)=O. The topological polar surface area (TPSA) is 62.3 Å². The van der Waals surface area contributed by atoms with E-state index in [-0.39, 0.29) is 5.75 Å². The van der Waals surface area contributed by atoms with Gasteiger partial charge in [-0.1, -0.05) is 18.2 Å². The molecular weight excluding hydrogens is 286 g/mol. The van der Waals surface area contributed by atoms with Crippen LogP contribution in [0.2, 0.25) is 0 Å². The predicted molar refractivity (Wildman–Crippen MR) is 84.7 cm³/mol. The number of anilines is 1. The van der Waals surface area contributed by atoms with Crippen LogP contribution in [0.4, 0.5) is 5.82 Å². The maximum absolute atomic E-state index is 12.0. The summed E-state index contributed by atoms with van der Waals surface area (Å²) < 4.78 is 25.5. The van der Waals surface area contributed by atoms with Crippen molar-refractivity contribution in [1.29, 1.82) is 0 Å². The molecule has 112 valence electrons. The Hall–Kier alpha value is -1.66. The Morgan fingerprint density at radius 3 is 2.86 bits per heavy atom. The second-order valence-electron chi connectivity index (χ2n) is 5.22. The van der Waals surface area contributed by atoms with Crippen molar-refractivity contribution in [3.05, 3.63) is 35.9 Å². The smallest absolute Gasteiger partial charge is 0.214 e. The van der Waals surface area contributed by atoms with Gasteiger partial charge in [0.25, 0.3) is 0 Å². The molecule has 1 fully saturated rings. The molecule has 0 radical (unpaired) electrons. The average molecular weight is 305 g/mol. The monoisotopic (exact) mass is 305 g/mol. The number of benzene rings is 1. The van der Waals surface area contributed by atoms with Gasteiger partial charge in [0.1, 0.15) is 5.82 Å². The minimum atomic E-state index is -3.09. The van der Waals surface area contributed by atoms with Gasteiger partial charge < -0.3 is 5.32 Å². The number of aromatic nitrogens is 1. The first-order valence-corrected chi connectivity index (χ1v) is 8.81. The third-order valence-corrected chi connectivity index (χ3v) is 5.60. The van der Waals surface area contributed by atoms with Gasteiger partial charge in [0.2, 0.25) is 10.0 Å². The van der Waals surface area contributed by atoms with E-state index in [0.29, 0.717) is 19.5 Å². The summed E-state index contributed by atoms with van der Waals surface area (Å²) >= 11 is 0. The standard InChI is InChI=1S/C15H19N3O2S/c1-2-16-15-13(11-18-8-5-9-21(18,19)20)10-12-6-3-4-7-14(12)17-15/h3-4,6-7,10H,2,5,8-9,11H2,1H3,(H,16,17). The van der Waals surface area contributed by atoms with Crippen LogP contribution < -0.4 is 5.32 Å². The van der Waals surface area contributed by atoms with Gasteiger partial charge in [-0.05, 0) is 25.5 Å². The van der Waals surface area contributed by atoms with E-state index in [1.165, 1.54) is 0 Å². The molecule has 5 nitrogen and oxygen atoms in total. The van der Waals surface area contributed by atoms with E-state index in [9.17, 15) is 8.42 Å². The highest BCUT2D eigenvalue weighted by Gasteiger charge is 2.28. The average Bonchev–Trinajstić information content (AvgIpc) is 2.79. The molecule has 1 aromatic carbocycles. The number of sulfonamides is 1. The minimum Gasteiger partial charge on any atom is -0.370 e.